The number of amides is 1. The largest absolute Gasteiger partial charge is 0.507 e. The molecule has 2 heterocycles. The Morgan fingerprint density at radius 3 is 2.50 bits per heavy atom. The molecular weight excluding hydrogens is 404 g/mol. The van der Waals surface area contributed by atoms with Gasteiger partial charge in [-0.3, -0.25) is 19.5 Å². The Labute approximate surface area is 186 Å². The van der Waals surface area contributed by atoms with E-state index in [1.165, 1.54) is 4.90 Å². The Hall–Kier alpha value is -3.93. The van der Waals surface area contributed by atoms with Crippen molar-refractivity contribution in [3.05, 3.63) is 94.8 Å². The van der Waals surface area contributed by atoms with E-state index >= 15 is 0 Å². The van der Waals surface area contributed by atoms with E-state index in [1.807, 2.05) is 39.0 Å². The Kier molecular flexibility index (Phi) is 5.77. The van der Waals surface area contributed by atoms with Crippen LogP contribution in [0.5, 0.6) is 5.75 Å². The van der Waals surface area contributed by atoms with Gasteiger partial charge in [0.05, 0.1) is 18.2 Å². The van der Waals surface area contributed by atoms with Crippen LogP contribution in [0.4, 0.5) is 5.69 Å². The molecule has 1 aromatic heterocycles. The summed E-state index contributed by atoms with van der Waals surface area (Å²) in [6.07, 6.45) is 3.23. The highest BCUT2D eigenvalue weighted by Gasteiger charge is 2.47. The van der Waals surface area contributed by atoms with Gasteiger partial charge in [0.15, 0.2) is 0 Å². The Bertz CT molecular complexity index is 1200. The first-order chi connectivity index (χ1) is 15.4. The second-order valence-corrected chi connectivity index (χ2v) is 7.70. The zero-order valence-electron chi connectivity index (χ0n) is 18.2. The van der Waals surface area contributed by atoms with Crippen molar-refractivity contribution in [1.29, 1.82) is 0 Å². The number of aromatic nitrogens is 1. The smallest absolute Gasteiger partial charge is 0.300 e. The van der Waals surface area contributed by atoms with Gasteiger partial charge in [0.25, 0.3) is 11.7 Å². The molecule has 6 nitrogen and oxygen atoms in total. The van der Waals surface area contributed by atoms with E-state index in [0.717, 1.165) is 11.1 Å². The van der Waals surface area contributed by atoms with E-state index in [4.69, 9.17) is 4.74 Å². The van der Waals surface area contributed by atoms with Crippen LogP contribution in [0.25, 0.3) is 5.76 Å². The van der Waals surface area contributed by atoms with Gasteiger partial charge in [-0.15, -0.1) is 0 Å². The number of anilines is 1. The normalized spacial score (nSPS) is 17.6. The summed E-state index contributed by atoms with van der Waals surface area (Å²) in [4.78, 5) is 32.0. The molecule has 1 saturated heterocycles. The molecule has 0 saturated carbocycles. The Morgan fingerprint density at radius 2 is 1.84 bits per heavy atom. The number of carbonyl (C=O) groups is 2. The number of aliphatic hydroxyl groups excluding tert-OH is 1. The van der Waals surface area contributed by atoms with Crippen molar-refractivity contribution in [3.63, 3.8) is 0 Å². The summed E-state index contributed by atoms with van der Waals surface area (Å²) in [6.45, 7) is 6.18. The maximum Gasteiger partial charge on any atom is 0.300 e. The highest BCUT2D eigenvalue weighted by atomic mass is 16.5. The first-order valence-electron chi connectivity index (χ1n) is 10.4. The van der Waals surface area contributed by atoms with Crippen LogP contribution < -0.4 is 9.64 Å². The number of hydrogen-bond donors (Lipinski definition) is 1. The van der Waals surface area contributed by atoms with E-state index in [1.54, 1.807) is 48.8 Å². The fraction of sp³-hybridized carbons (Fsp3) is 0.192. The van der Waals surface area contributed by atoms with Gasteiger partial charge < -0.3 is 9.84 Å². The summed E-state index contributed by atoms with van der Waals surface area (Å²) in [6, 6.07) is 15.3. The molecule has 1 atom stereocenters. The lowest BCUT2D eigenvalue weighted by atomic mass is 9.94. The molecule has 3 aromatic rings. The quantitative estimate of drug-likeness (QED) is 0.361. The number of rotatable bonds is 5. The average molecular weight is 428 g/mol. The maximum absolute atomic E-state index is 13.2. The number of aliphatic hydroxyl groups is 1. The third-order valence-corrected chi connectivity index (χ3v) is 5.52. The molecule has 1 fully saturated rings. The minimum absolute atomic E-state index is 0.0468. The summed E-state index contributed by atoms with van der Waals surface area (Å²) in [5, 5.41) is 11.3. The molecule has 1 amide bonds. The third kappa shape index (κ3) is 3.75. The highest BCUT2D eigenvalue weighted by molar-refractivity contribution is 6.51. The standard InChI is InChI=1S/C26H24N2O4/c1-4-32-20-11-9-19(10-12-20)28-23(18-6-5-13-27-15-18)22(25(30)26(28)31)24(29)21-14-16(2)7-8-17(21)3/h5-15,23,29H,4H2,1-3H3/b24-22+. The van der Waals surface area contributed by atoms with Crippen LogP contribution in [0.2, 0.25) is 0 Å². The molecule has 6 heteroatoms. The summed E-state index contributed by atoms with van der Waals surface area (Å²) in [7, 11) is 0. The third-order valence-electron chi connectivity index (χ3n) is 5.52. The minimum atomic E-state index is -0.804. The first kappa shape index (κ1) is 21.3. The highest BCUT2D eigenvalue weighted by Crippen LogP contribution is 2.42. The van der Waals surface area contributed by atoms with Crippen molar-refractivity contribution in [2.24, 2.45) is 0 Å². The van der Waals surface area contributed by atoms with Crippen molar-refractivity contribution >= 4 is 23.1 Å². The topological polar surface area (TPSA) is 79.7 Å². The fourth-order valence-electron chi connectivity index (χ4n) is 3.96. The van der Waals surface area contributed by atoms with Gasteiger partial charge in [0.2, 0.25) is 0 Å². The lowest BCUT2D eigenvalue weighted by Gasteiger charge is -2.25. The number of ketones is 1. The van der Waals surface area contributed by atoms with Crippen molar-refractivity contribution in [3.8, 4) is 5.75 Å². The van der Waals surface area contributed by atoms with E-state index < -0.39 is 17.7 Å². The van der Waals surface area contributed by atoms with E-state index in [0.29, 0.717) is 29.2 Å². The predicted octanol–water partition coefficient (Wildman–Crippen LogP) is 4.72. The van der Waals surface area contributed by atoms with Crippen LogP contribution in [0, 0.1) is 13.8 Å². The number of ether oxygens (including phenoxy) is 1. The van der Waals surface area contributed by atoms with Crippen LogP contribution in [0.1, 0.15) is 35.2 Å². The van der Waals surface area contributed by atoms with Crippen LogP contribution in [-0.4, -0.2) is 28.4 Å². The van der Waals surface area contributed by atoms with Crippen LogP contribution in [-0.2, 0) is 9.59 Å². The molecule has 0 bridgehead atoms. The molecule has 1 aliphatic heterocycles. The van der Waals surface area contributed by atoms with Gasteiger partial charge in [-0.25, -0.2) is 0 Å². The van der Waals surface area contributed by atoms with Crippen molar-refractivity contribution in [2.45, 2.75) is 26.8 Å². The second kappa shape index (κ2) is 8.67. The van der Waals surface area contributed by atoms with Crippen LogP contribution in [0.15, 0.2) is 72.6 Å². The number of pyridine rings is 1. The second-order valence-electron chi connectivity index (χ2n) is 7.70. The SMILES string of the molecule is CCOc1ccc(N2C(=O)C(=O)/C(=C(/O)c3cc(C)ccc3C)C2c2cccnc2)cc1. The first-order valence-corrected chi connectivity index (χ1v) is 10.4. The van der Waals surface area contributed by atoms with E-state index in [2.05, 4.69) is 4.98 Å². The van der Waals surface area contributed by atoms with Gasteiger partial charge in [0.1, 0.15) is 11.5 Å². The zero-order valence-corrected chi connectivity index (χ0v) is 18.2. The van der Waals surface area contributed by atoms with Crippen molar-refractivity contribution in [2.75, 3.05) is 11.5 Å². The Balaban J connectivity index is 1.91. The van der Waals surface area contributed by atoms with Gasteiger partial charge in [-0.2, -0.15) is 0 Å². The number of benzene rings is 2. The van der Waals surface area contributed by atoms with Gasteiger partial charge in [-0.05, 0) is 68.3 Å². The van der Waals surface area contributed by atoms with Gasteiger partial charge in [0, 0.05) is 23.6 Å². The number of nitrogens with zero attached hydrogens (tertiary/aromatic N) is 2. The van der Waals surface area contributed by atoms with Crippen molar-refractivity contribution < 1.29 is 19.4 Å². The van der Waals surface area contributed by atoms with E-state index in [9.17, 15) is 14.7 Å². The number of aryl methyl sites for hydroxylation is 2. The van der Waals surface area contributed by atoms with E-state index in [-0.39, 0.29) is 11.3 Å². The molecule has 0 radical (unpaired) electrons. The van der Waals surface area contributed by atoms with Gasteiger partial charge in [-0.1, -0.05) is 23.8 Å². The number of Topliss-reactive ketones (excluding diaryl/α,β-unsaturated/α-hetero) is 1. The maximum atomic E-state index is 13.2. The molecule has 2 aromatic carbocycles. The molecule has 1 N–H and O–H groups in total. The Morgan fingerprint density at radius 1 is 1.09 bits per heavy atom. The summed E-state index contributed by atoms with van der Waals surface area (Å²) in [5.41, 5.74) is 3.49. The minimum Gasteiger partial charge on any atom is -0.507 e. The molecule has 0 aliphatic carbocycles. The monoisotopic (exact) mass is 428 g/mol. The molecule has 0 spiro atoms. The molecule has 32 heavy (non-hydrogen) atoms. The van der Waals surface area contributed by atoms with Crippen LogP contribution >= 0.6 is 0 Å². The molecule has 1 unspecified atom stereocenters. The summed E-state index contributed by atoms with van der Waals surface area (Å²) >= 11 is 0. The lowest BCUT2D eigenvalue weighted by molar-refractivity contribution is -0.132. The number of hydrogen-bond acceptors (Lipinski definition) is 5. The molecule has 162 valence electrons. The zero-order chi connectivity index (χ0) is 22.8. The fourth-order valence-corrected chi connectivity index (χ4v) is 3.96. The molecular formula is C26H24N2O4. The van der Waals surface area contributed by atoms with Gasteiger partial charge >= 0.3 is 0 Å². The average Bonchev–Trinajstić information content (AvgIpc) is 3.07. The summed E-state index contributed by atoms with van der Waals surface area (Å²) < 4.78 is 5.49. The predicted molar refractivity (Wildman–Crippen MR) is 123 cm³/mol. The molecule has 1 aliphatic rings. The molecule has 4 rings (SSSR count). The van der Waals surface area contributed by atoms with Crippen LogP contribution in [0.3, 0.4) is 0 Å². The van der Waals surface area contributed by atoms with Crippen molar-refractivity contribution in [1.82, 2.24) is 4.98 Å². The lowest BCUT2D eigenvalue weighted by Crippen LogP contribution is -2.29. The number of carbonyl (C=O) groups excluding carboxylic acids is 2. The summed E-state index contributed by atoms with van der Waals surface area (Å²) in [5.74, 6) is -0.950.